The fraction of sp³-hybridized carbons (Fsp3) is 0.500. The van der Waals surface area contributed by atoms with Gasteiger partial charge in [-0.3, -0.25) is 10.1 Å². The summed E-state index contributed by atoms with van der Waals surface area (Å²) < 4.78 is 31.9. The van der Waals surface area contributed by atoms with Gasteiger partial charge < -0.3 is 10.1 Å². The molecule has 10 heteroatoms. The van der Waals surface area contributed by atoms with Crippen LogP contribution in [-0.4, -0.2) is 44.0 Å². The highest BCUT2D eigenvalue weighted by Crippen LogP contribution is 2.14. The van der Waals surface area contributed by atoms with Crippen LogP contribution in [0.1, 0.15) is 51.9 Å². The zero-order valence-electron chi connectivity index (χ0n) is 16.8. The smallest absolute Gasteiger partial charge is 0.338 e. The lowest BCUT2D eigenvalue weighted by Gasteiger charge is -2.21. The van der Waals surface area contributed by atoms with Crippen molar-refractivity contribution in [2.45, 2.75) is 64.1 Å². The third kappa shape index (κ3) is 7.65. The Morgan fingerprint density at radius 3 is 2.21 bits per heavy atom. The fourth-order valence-corrected chi connectivity index (χ4v) is 3.33. The van der Waals surface area contributed by atoms with E-state index >= 15 is 0 Å². The molecule has 0 aromatic heterocycles. The van der Waals surface area contributed by atoms with E-state index in [1.165, 1.54) is 25.1 Å². The SMILES string of the molecule is CC(C)NS(=O)(=O)c1cccc(C(=O)O[C@@H](C)C(=O)NC(=O)NC(C)(C)C)c1. The zero-order chi connectivity index (χ0) is 21.7. The summed E-state index contributed by atoms with van der Waals surface area (Å²) in [7, 11) is -3.78. The number of benzene rings is 1. The molecule has 3 amide bonds. The standard InChI is InChI=1S/C18H27N3O6S/c1-11(2)21-28(25,26)14-9-7-8-13(10-14)16(23)27-12(3)15(22)19-17(24)20-18(4,5)6/h7-12,21H,1-6H3,(H2,19,20,22,24)/t12-/m0/s1. The predicted molar refractivity (Wildman–Crippen MR) is 103 cm³/mol. The number of carbonyl (C=O) groups excluding carboxylic acids is 3. The first-order valence-corrected chi connectivity index (χ1v) is 10.2. The Morgan fingerprint density at radius 2 is 1.68 bits per heavy atom. The predicted octanol–water partition coefficient (Wildman–Crippen LogP) is 1.54. The Kier molecular flexibility index (Phi) is 7.71. The van der Waals surface area contributed by atoms with E-state index in [1.807, 2.05) is 0 Å². The molecular formula is C18H27N3O6S. The lowest BCUT2D eigenvalue weighted by Crippen LogP contribution is -2.50. The summed E-state index contributed by atoms with van der Waals surface area (Å²) in [5, 5.41) is 4.62. The van der Waals surface area contributed by atoms with Crippen molar-refractivity contribution in [1.29, 1.82) is 0 Å². The lowest BCUT2D eigenvalue weighted by molar-refractivity contribution is -0.127. The normalized spacial score (nSPS) is 13.0. The van der Waals surface area contributed by atoms with Gasteiger partial charge in [0.15, 0.2) is 6.10 Å². The fourth-order valence-electron chi connectivity index (χ4n) is 2.04. The van der Waals surface area contributed by atoms with Crippen molar-refractivity contribution < 1.29 is 27.5 Å². The molecule has 0 aliphatic heterocycles. The molecule has 0 fully saturated rings. The zero-order valence-corrected chi connectivity index (χ0v) is 17.6. The quantitative estimate of drug-likeness (QED) is 0.607. The molecule has 0 aliphatic carbocycles. The van der Waals surface area contributed by atoms with Crippen LogP contribution >= 0.6 is 0 Å². The van der Waals surface area contributed by atoms with Crippen LogP contribution in [0.3, 0.4) is 0 Å². The van der Waals surface area contributed by atoms with E-state index in [-0.39, 0.29) is 16.5 Å². The Bertz CT molecular complexity index is 843. The second kappa shape index (κ2) is 9.16. The minimum Gasteiger partial charge on any atom is -0.449 e. The van der Waals surface area contributed by atoms with Crippen LogP contribution in [0, 0.1) is 0 Å². The van der Waals surface area contributed by atoms with E-state index < -0.39 is 39.6 Å². The molecule has 0 saturated heterocycles. The van der Waals surface area contributed by atoms with E-state index in [9.17, 15) is 22.8 Å². The Hall–Kier alpha value is -2.46. The van der Waals surface area contributed by atoms with Crippen molar-refractivity contribution in [2.24, 2.45) is 0 Å². The minimum absolute atomic E-state index is 0.0366. The number of rotatable bonds is 6. The van der Waals surface area contributed by atoms with Gasteiger partial charge in [-0.05, 0) is 59.7 Å². The highest BCUT2D eigenvalue weighted by molar-refractivity contribution is 7.89. The molecule has 1 atom stereocenters. The van der Waals surface area contributed by atoms with Crippen molar-refractivity contribution in [3.63, 3.8) is 0 Å². The van der Waals surface area contributed by atoms with Gasteiger partial charge in [-0.1, -0.05) is 6.07 Å². The molecule has 0 bridgehead atoms. The first-order chi connectivity index (χ1) is 12.7. The largest absolute Gasteiger partial charge is 0.449 e. The third-order valence-electron chi connectivity index (χ3n) is 3.15. The average molecular weight is 413 g/mol. The summed E-state index contributed by atoms with van der Waals surface area (Å²) in [6.45, 7) is 9.89. The van der Waals surface area contributed by atoms with E-state index in [1.54, 1.807) is 34.6 Å². The molecule has 0 unspecified atom stereocenters. The average Bonchev–Trinajstić information content (AvgIpc) is 2.51. The number of sulfonamides is 1. The summed E-state index contributed by atoms with van der Waals surface area (Å²) in [5.41, 5.74) is -0.578. The molecule has 1 aromatic carbocycles. The molecule has 9 nitrogen and oxygen atoms in total. The molecule has 0 heterocycles. The summed E-state index contributed by atoms with van der Waals surface area (Å²) in [6, 6.07) is 4.23. The van der Waals surface area contributed by atoms with E-state index in [2.05, 4.69) is 15.4 Å². The van der Waals surface area contributed by atoms with Crippen molar-refractivity contribution in [3.05, 3.63) is 29.8 Å². The van der Waals surface area contributed by atoms with Crippen LogP contribution in [0.5, 0.6) is 0 Å². The summed E-state index contributed by atoms with van der Waals surface area (Å²) in [6.07, 6.45) is -1.26. The maximum atomic E-state index is 12.3. The number of hydrogen-bond acceptors (Lipinski definition) is 6. The summed E-state index contributed by atoms with van der Waals surface area (Å²) in [5.74, 6) is -1.69. The highest BCUT2D eigenvalue weighted by atomic mass is 32.2. The molecule has 3 N–H and O–H groups in total. The number of nitrogens with one attached hydrogen (secondary N) is 3. The first-order valence-electron chi connectivity index (χ1n) is 8.67. The topological polar surface area (TPSA) is 131 Å². The van der Waals surface area contributed by atoms with Gasteiger partial charge in [0, 0.05) is 11.6 Å². The number of hydrogen-bond donors (Lipinski definition) is 3. The summed E-state index contributed by atoms with van der Waals surface area (Å²) in [4.78, 5) is 35.9. The van der Waals surface area contributed by atoms with Gasteiger partial charge in [0.1, 0.15) is 0 Å². The van der Waals surface area contributed by atoms with Crippen LogP contribution in [0.15, 0.2) is 29.2 Å². The van der Waals surface area contributed by atoms with Crippen molar-refractivity contribution >= 4 is 27.9 Å². The maximum Gasteiger partial charge on any atom is 0.338 e. The molecule has 1 rings (SSSR count). The van der Waals surface area contributed by atoms with Crippen LogP contribution < -0.4 is 15.4 Å². The van der Waals surface area contributed by atoms with E-state index in [0.717, 1.165) is 6.07 Å². The maximum absolute atomic E-state index is 12.3. The van der Waals surface area contributed by atoms with Gasteiger partial charge in [0.2, 0.25) is 10.0 Å². The third-order valence-corrected chi connectivity index (χ3v) is 4.81. The molecular weight excluding hydrogens is 386 g/mol. The number of amides is 3. The molecule has 0 spiro atoms. The second-order valence-corrected chi connectivity index (χ2v) is 9.26. The molecule has 0 saturated carbocycles. The van der Waals surface area contributed by atoms with Gasteiger partial charge in [0.25, 0.3) is 5.91 Å². The molecule has 28 heavy (non-hydrogen) atoms. The van der Waals surface area contributed by atoms with Crippen LogP contribution in [0.2, 0.25) is 0 Å². The van der Waals surface area contributed by atoms with Crippen molar-refractivity contribution in [1.82, 2.24) is 15.4 Å². The number of urea groups is 1. The molecule has 0 radical (unpaired) electrons. The number of carbonyl (C=O) groups is 3. The van der Waals surface area contributed by atoms with Gasteiger partial charge >= 0.3 is 12.0 Å². The van der Waals surface area contributed by atoms with Crippen molar-refractivity contribution in [2.75, 3.05) is 0 Å². The lowest BCUT2D eigenvalue weighted by atomic mass is 10.1. The monoisotopic (exact) mass is 413 g/mol. The Balaban J connectivity index is 2.81. The molecule has 156 valence electrons. The molecule has 1 aromatic rings. The van der Waals surface area contributed by atoms with Crippen LogP contribution in [0.4, 0.5) is 4.79 Å². The number of ether oxygens (including phenoxy) is 1. The Morgan fingerprint density at radius 1 is 1.07 bits per heavy atom. The van der Waals surface area contributed by atoms with Crippen molar-refractivity contribution in [3.8, 4) is 0 Å². The van der Waals surface area contributed by atoms with E-state index in [4.69, 9.17) is 4.74 Å². The minimum atomic E-state index is -3.78. The second-order valence-electron chi connectivity index (χ2n) is 7.54. The Labute approximate surface area is 165 Å². The van der Waals surface area contributed by atoms with Crippen LogP contribution in [0.25, 0.3) is 0 Å². The van der Waals surface area contributed by atoms with Gasteiger partial charge in [-0.2, -0.15) is 0 Å². The van der Waals surface area contributed by atoms with Gasteiger partial charge in [-0.15, -0.1) is 0 Å². The molecule has 0 aliphatic rings. The number of imide groups is 1. The van der Waals surface area contributed by atoms with Gasteiger partial charge in [0.05, 0.1) is 10.5 Å². The first kappa shape index (κ1) is 23.6. The highest BCUT2D eigenvalue weighted by Gasteiger charge is 2.24. The van der Waals surface area contributed by atoms with E-state index in [0.29, 0.717) is 0 Å². The van der Waals surface area contributed by atoms with Crippen LogP contribution in [-0.2, 0) is 19.6 Å². The summed E-state index contributed by atoms with van der Waals surface area (Å²) >= 11 is 0. The van der Waals surface area contributed by atoms with Gasteiger partial charge in [-0.25, -0.2) is 22.7 Å². The number of esters is 1.